The van der Waals surface area contributed by atoms with E-state index in [4.69, 9.17) is 14.2 Å². The average molecular weight is 265 g/mol. The molecule has 0 spiro atoms. The van der Waals surface area contributed by atoms with Gasteiger partial charge in [0.15, 0.2) is 0 Å². The van der Waals surface area contributed by atoms with Gasteiger partial charge in [-0.25, -0.2) is 0 Å². The summed E-state index contributed by atoms with van der Waals surface area (Å²) in [5.74, 6) is 2.38. The molecule has 1 heterocycles. The van der Waals surface area contributed by atoms with Gasteiger partial charge in [-0.2, -0.15) is 0 Å². The first-order chi connectivity index (χ1) is 9.28. The Balaban J connectivity index is 2.19. The molecule has 0 bridgehead atoms. The smallest absolute Gasteiger partial charge is 0.123 e. The molecule has 1 aromatic carbocycles. The van der Waals surface area contributed by atoms with Gasteiger partial charge < -0.3 is 19.5 Å². The Morgan fingerprint density at radius 2 is 2.21 bits per heavy atom. The molecule has 0 aliphatic carbocycles. The molecular formula is C15H23NO3. The van der Waals surface area contributed by atoms with Gasteiger partial charge in [0.25, 0.3) is 0 Å². The summed E-state index contributed by atoms with van der Waals surface area (Å²) in [5, 5.41) is 3.38. The Hall–Kier alpha value is -1.26. The maximum absolute atomic E-state index is 5.47. The van der Waals surface area contributed by atoms with Crippen LogP contribution in [0.2, 0.25) is 0 Å². The molecule has 1 N–H and O–H groups in total. The second-order valence-electron chi connectivity index (χ2n) is 4.91. The van der Waals surface area contributed by atoms with E-state index in [1.165, 1.54) is 0 Å². The molecule has 2 atom stereocenters. The zero-order valence-corrected chi connectivity index (χ0v) is 11.9. The predicted molar refractivity (Wildman–Crippen MR) is 74.9 cm³/mol. The van der Waals surface area contributed by atoms with Gasteiger partial charge in [0.1, 0.15) is 11.5 Å². The number of rotatable bonds is 6. The first-order valence-electron chi connectivity index (χ1n) is 6.75. The van der Waals surface area contributed by atoms with Gasteiger partial charge >= 0.3 is 0 Å². The second-order valence-corrected chi connectivity index (χ2v) is 4.91. The van der Waals surface area contributed by atoms with Crippen molar-refractivity contribution in [2.75, 3.05) is 34.5 Å². The van der Waals surface area contributed by atoms with E-state index in [9.17, 15) is 0 Å². The van der Waals surface area contributed by atoms with Crippen LogP contribution in [0.4, 0.5) is 0 Å². The van der Waals surface area contributed by atoms with E-state index in [2.05, 4.69) is 11.4 Å². The van der Waals surface area contributed by atoms with Gasteiger partial charge in [0.2, 0.25) is 0 Å². The van der Waals surface area contributed by atoms with Crippen molar-refractivity contribution in [1.29, 1.82) is 0 Å². The molecule has 2 rings (SSSR count). The summed E-state index contributed by atoms with van der Waals surface area (Å²) in [6.07, 6.45) is 2.20. The minimum atomic E-state index is 0.261. The maximum atomic E-state index is 5.47. The van der Waals surface area contributed by atoms with Crippen molar-refractivity contribution in [1.82, 2.24) is 5.32 Å². The third-order valence-corrected chi connectivity index (χ3v) is 3.75. The van der Waals surface area contributed by atoms with Crippen molar-refractivity contribution >= 4 is 0 Å². The summed E-state index contributed by atoms with van der Waals surface area (Å²) < 4.78 is 16.2. The van der Waals surface area contributed by atoms with Crippen molar-refractivity contribution in [3.8, 4) is 11.5 Å². The SMILES string of the molecule is CNC(CC1CCOC1)c1cc(OC)ccc1OC. The molecular weight excluding hydrogens is 242 g/mol. The topological polar surface area (TPSA) is 39.7 Å². The van der Waals surface area contributed by atoms with Crippen LogP contribution in [0.25, 0.3) is 0 Å². The fourth-order valence-corrected chi connectivity index (χ4v) is 2.61. The van der Waals surface area contributed by atoms with Crippen LogP contribution in [0, 0.1) is 5.92 Å². The number of hydrogen-bond donors (Lipinski definition) is 1. The molecule has 4 nitrogen and oxygen atoms in total. The van der Waals surface area contributed by atoms with Crippen LogP contribution in [0.5, 0.6) is 11.5 Å². The second kappa shape index (κ2) is 6.78. The van der Waals surface area contributed by atoms with E-state index in [0.29, 0.717) is 5.92 Å². The van der Waals surface area contributed by atoms with Gasteiger partial charge in [-0.05, 0) is 44.0 Å². The predicted octanol–water partition coefficient (Wildman–Crippen LogP) is 2.39. The molecule has 1 aromatic rings. The number of ether oxygens (including phenoxy) is 3. The highest BCUT2D eigenvalue weighted by molar-refractivity contribution is 5.42. The first kappa shape index (κ1) is 14.2. The molecule has 1 aliphatic rings. The summed E-state index contributed by atoms with van der Waals surface area (Å²) in [6.45, 7) is 1.75. The number of hydrogen-bond acceptors (Lipinski definition) is 4. The Morgan fingerprint density at radius 3 is 2.79 bits per heavy atom. The van der Waals surface area contributed by atoms with Crippen LogP contribution in [0.1, 0.15) is 24.4 Å². The maximum Gasteiger partial charge on any atom is 0.123 e. The van der Waals surface area contributed by atoms with Crippen LogP contribution >= 0.6 is 0 Å². The monoisotopic (exact) mass is 265 g/mol. The lowest BCUT2D eigenvalue weighted by Gasteiger charge is -2.22. The molecule has 106 valence electrons. The lowest BCUT2D eigenvalue weighted by atomic mass is 9.93. The lowest BCUT2D eigenvalue weighted by molar-refractivity contribution is 0.181. The van der Waals surface area contributed by atoms with Gasteiger partial charge in [-0.15, -0.1) is 0 Å². The summed E-state index contributed by atoms with van der Waals surface area (Å²) in [5.41, 5.74) is 1.15. The standard InChI is InChI=1S/C15H23NO3/c1-16-14(8-11-6-7-19-10-11)13-9-12(17-2)4-5-15(13)18-3/h4-5,9,11,14,16H,6-8,10H2,1-3H3. The normalized spacial score (nSPS) is 20.3. The quantitative estimate of drug-likeness (QED) is 0.857. The van der Waals surface area contributed by atoms with Crippen LogP contribution in [0.15, 0.2) is 18.2 Å². The van der Waals surface area contributed by atoms with E-state index < -0.39 is 0 Å². The highest BCUT2D eigenvalue weighted by atomic mass is 16.5. The molecule has 0 radical (unpaired) electrons. The molecule has 1 aliphatic heterocycles. The lowest BCUT2D eigenvalue weighted by Crippen LogP contribution is -2.21. The van der Waals surface area contributed by atoms with Gasteiger partial charge in [-0.3, -0.25) is 0 Å². The van der Waals surface area contributed by atoms with Crippen LogP contribution in [0.3, 0.4) is 0 Å². The number of methoxy groups -OCH3 is 2. The fraction of sp³-hybridized carbons (Fsp3) is 0.600. The Bertz CT molecular complexity index is 402. The van der Waals surface area contributed by atoms with Crippen LogP contribution < -0.4 is 14.8 Å². The molecule has 0 saturated carbocycles. The van der Waals surface area contributed by atoms with Crippen molar-refractivity contribution in [3.63, 3.8) is 0 Å². The van der Waals surface area contributed by atoms with Crippen molar-refractivity contribution < 1.29 is 14.2 Å². The summed E-state index contributed by atoms with van der Waals surface area (Å²) >= 11 is 0. The third kappa shape index (κ3) is 3.39. The molecule has 2 unspecified atom stereocenters. The van der Waals surface area contributed by atoms with E-state index in [0.717, 1.165) is 43.1 Å². The minimum Gasteiger partial charge on any atom is -0.497 e. The molecule has 0 amide bonds. The third-order valence-electron chi connectivity index (χ3n) is 3.75. The minimum absolute atomic E-state index is 0.261. The fourth-order valence-electron chi connectivity index (χ4n) is 2.61. The summed E-state index contributed by atoms with van der Waals surface area (Å²) in [6, 6.07) is 6.20. The highest BCUT2D eigenvalue weighted by Crippen LogP contribution is 2.34. The van der Waals surface area contributed by atoms with Crippen molar-refractivity contribution in [2.24, 2.45) is 5.92 Å². The first-order valence-corrected chi connectivity index (χ1v) is 6.75. The van der Waals surface area contributed by atoms with Crippen LogP contribution in [-0.4, -0.2) is 34.5 Å². The summed E-state index contributed by atoms with van der Waals surface area (Å²) in [4.78, 5) is 0. The van der Waals surface area contributed by atoms with Crippen molar-refractivity contribution in [3.05, 3.63) is 23.8 Å². The molecule has 1 saturated heterocycles. The van der Waals surface area contributed by atoms with E-state index in [1.807, 2.05) is 19.2 Å². The van der Waals surface area contributed by atoms with E-state index >= 15 is 0 Å². The molecule has 19 heavy (non-hydrogen) atoms. The van der Waals surface area contributed by atoms with Gasteiger partial charge in [-0.1, -0.05) is 0 Å². The number of nitrogens with one attached hydrogen (secondary N) is 1. The summed E-state index contributed by atoms with van der Waals surface area (Å²) in [7, 11) is 5.38. The van der Waals surface area contributed by atoms with Crippen LogP contribution in [-0.2, 0) is 4.74 Å². The number of benzene rings is 1. The van der Waals surface area contributed by atoms with Gasteiger partial charge in [0.05, 0.1) is 14.2 Å². The van der Waals surface area contributed by atoms with E-state index in [-0.39, 0.29) is 6.04 Å². The average Bonchev–Trinajstić information content (AvgIpc) is 2.97. The molecule has 4 heteroatoms. The zero-order chi connectivity index (χ0) is 13.7. The zero-order valence-electron chi connectivity index (χ0n) is 11.9. The Labute approximate surface area is 115 Å². The van der Waals surface area contributed by atoms with Gasteiger partial charge in [0, 0.05) is 24.8 Å². The Morgan fingerprint density at radius 1 is 1.37 bits per heavy atom. The van der Waals surface area contributed by atoms with Crippen molar-refractivity contribution in [2.45, 2.75) is 18.9 Å². The Kier molecular flexibility index (Phi) is 5.05. The van der Waals surface area contributed by atoms with E-state index in [1.54, 1.807) is 14.2 Å². The largest absolute Gasteiger partial charge is 0.497 e. The molecule has 1 fully saturated rings. The molecule has 0 aromatic heterocycles. The highest BCUT2D eigenvalue weighted by Gasteiger charge is 2.23.